The van der Waals surface area contributed by atoms with Crippen LogP contribution in [-0.2, 0) is 4.74 Å². The van der Waals surface area contributed by atoms with Gasteiger partial charge < -0.3 is 24.3 Å². The number of halogens is 1. The van der Waals surface area contributed by atoms with Crippen LogP contribution in [0.4, 0.5) is 5.69 Å². The van der Waals surface area contributed by atoms with Crippen LogP contribution >= 0.6 is 23.8 Å². The molecule has 3 aromatic heterocycles. The summed E-state index contributed by atoms with van der Waals surface area (Å²) in [5.74, 6) is 1.49. The number of methoxy groups -OCH3 is 1. The highest BCUT2D eigenvalue weighted by Gasteiger charge is 2.42. The highest BCUT2D eigenvalue weighted by atomic mass is 35.5. The lowest BCUT2D eigenvalue weighted by molar-refractivity contribution is 0.146. The van der Waals surface area contributed by atoms with Gasteiger partial charge in [-0.2, -0.15) is 0 Å². The normalized spacial score (nSPS) is 17.1. The molecule has 9 heteroatoms. The van der Waals surface area contributed by atoms with Crippen molar-refractivity contribution in [1.82, 2.24) is 19.9 Å². The number of anilines is 1. The van der Waals surface area contributed by atoms with Crippen molar-refractivity contribution in [2.24, 2.45) is 0 Å². The van der Waals surface area contributed by atoms with Crippen molar-refractivity contribution in [3.05, 3.63) is 100 Å². The summed E-state index contributed by atoms with van der Waals surface area (Å²) < 4.78 is 13.1. The fourth-order valence-electron chi connectivity index (χ4n) is 5.02. The minimum Gasteiger partial charge on any atom is -0.490 e. The fraction of sp³-hybridized carbons (Fsp3) is 0.276. The number of hydrogen-bond donors (Lipinski definition) is 1. The third kappa shape index (κ3) is 4.99. The zero-order valence-corrected chi connectivity index (χ0v) is 23.4. The Morgan fingerprint density at radius 2 is 1.84 bits per heavy atom. The van der Waals surface area contributed by atoms with Gasteiger partial charge in [0.05, 0.1) is 29.4 Å². The molecule has 2 atom stereocenters. The first-order valence-electron chi connectivity index (χ1n) is 12.4. The van der Waals surface area contributed by atoms with E-state index in [1.807, 2.05) is 54.9 Å². The van der Waals surface area contributed by atoms with Gasteiger partial charge in [-0.25, -0.2) is 4.98 Å². The summed E-state index contributed by atoms with van der Waals surface area (Å²) in [6, 6.07) is 17.7. The minimum atomic E-state index is -0.168. The van der Waals surface area contributed by atoms with Gasteiger partial charge in [-0.05, 0) is 92.6 Å². The van der Waals surface area contributed by atoms with Crippen LogP contribution in [0.1, 0.15) is 40.3 Å². The Balaban J connectivity index is 1.61. The molecule has 1 fully saturated rings. The maximum Gasteiger partial charge on any atom is 0.174 e. The van der Waals surface area contributed by atoms with Gasteiger partial charge in [-0.3, -0.25) is 4.98 Å². The Morgan fingerprint density at radius 1 is 1.00 bits per heavy atom. The fourth-order valence-corrected chi connectivity index (χ4v) is 5.60. The van der Waals surface area contributed by atoms with Gasteiger partial charge in [-0.15, -0.1) is 0 Å². The van der Waals surface area contributed by atoms with Gasteiger partial charge in [0.25, 0.3) is 0 Å². The van der Waals surface area contributed by atoms with Crippen LogP contribution in [0.2, 0.25) is 5.02 Å². The Morgan fingerprint density at radius 3 is 2.55 bits per heavy atom. The number of pyridine rings is 2. The van der Waals surface area contributed by atoms with Crippen molar-refractivity contribution in [2.75, 3.05) is 25.2 Å². The van der Waals surface area contributed by atoms with Crippen molar-refractivity contribution in [2.45, 2.75) is 32.9 Å². The molecule has 0 spiro atoms. The zero-order valence-electron chi connectivity index (χ0n) is 21.8. The second kappa shape index (κ2) is 11.1. The maximum atomic E-state index is 6.66. The molecule has 1 aromatic carbocycles. The largest absolute Gasteiger partial charge is 0.490 e. The number of thiocarbonyl (C=S) groups is 1. The van der Waals surface area contributed by atoms with E-state index in [-0.39, 0.29) is 12.1 Å². The van der Waals surface area contributed by atoms with Crippen LogP contribution in [0.15, 0.2) is 67.0 Å². The van der Waals surface area contributed by atoms with E-state index in [9.17, 15) is 0 Å². The van der Waals surface area contributed by atoms with Gasteiger partial charge in [0.2, 0.25) is 0 Å². The molecule has 5 rings (SSSR count). The van der Waals surface area contributed by atoms with Gasteiger partial charge in [0, 0.05) is 36.6 Å². The summed E-state index contributed by atoms with van der Waals surface area (Å²) in [5, 5.41) is 4.64. The summed E-state index contributed by atoms with van der Waals surface area (Å²) in [5.41, 5.74) is 6.25. The van der Waals surface area contributed by atoms with E-state index in [2.05, 4.69) is 57.7 Å². The zero-order chi connectivity index (χ0) is 26.8. The molecule has 4 heterocycles. The molecule has 38 heavy (non-hydrogen) atoms. The van der Waals surface area contributed by atoms with E-state index in [0.717, 1.165) is 39.7 Å². The van der Waals surface area contributed by atoms with E-state index < -0.39 is 0 Å². The number of aryl methyl sites for hydroxylation is 2. The third-order valence-corrected chi connectivity index (χ3v) is 7.37. The molecule has 0 aliphatic carbocycles. The third-order valence-electron chi connectivity index (χ3n) is 6.76. The molecule has 0 bridgehead atoms. The molecule has 1 N–H and O–H groups in total. The van der Waals surface area contributed by atoms with Crippen LogP contribution in [0.25, 0.3) is 5.82 Å². The number of benzene rings is 1. The Kier molecular flexibility index (Phi) is 7.65. The maximum absolute atomic E-state index is 6.66. The monoisotopic (exact) mass is 547 g/mol. The molecular formula is C29H30ClN5O2S. The summed E-state index contributed by atoms with van der Waals surface area (Å²) >= 11 is 12.6. The SMILES string of the molecule is COCCOc1ccc(N2C(=S)N[C@@H](c3ccccn3)[C@H]2c2cc(C)n(-c3cc(C)ccn3)c2C)cc1Cl. The Hall–Kier alpha value is -3.46. The molecular weight excluding hydrogens is 518 g/mol. The lowest BCUT2D eigenvalue weighted by Crippen LogP contribution is -2.29. The summed E-state index contributed by atoms with van der Waals surface area (Å²) in [4.78, 5) is 11.4. The molecule has 1 saturated heterocycles. The predicted octanol–water partition coefficient (Wildman–Crippen LogP) is 6.05. The molecule has 0 amide bonds. The van der Waals surface area contributed by atoms with E-state index in [4.69, 9.17) is 33.3 Å². The van der Waals surface area contributed by atoms with E-state index in [1.54, 1.807) is 7.11 Å². The Labute approximate surface area is 233 Å². The van der Waals surface area contributed by atoms with E-state index >= 15 is 0 Å². The number of aromatic nitrogens is 3. The smallest absolute Gasteiger partial charge is 0.174 e. The van der Waals surface area contributed by atoms with E-state index in [1.165, 1.54) is 0 Å². The van der Waals surface area contributed by atoms with Crippen molar-refractivity contribution in [1.29, 1.82) is 0 Å². The molecule has 1 aliphatic rings. The number of nitrogens with zero attached hydrogens (tertiary/aromatic N) is 4. The first-order chi connectivity index (χ1) is 18.4. The van der Waals surface area contributed by atoms with Crippen molar-refractivity contribution in [3.63, 3.8) is 0 Å². The average Bonchev–Trinajstić information content (AvgIpc) is 3.40. The van der Waals surface area contributed by atoms with Gasteiger partial charge in [0.1, 0.15) is 18.2 Å². The van der Waals surface area contributed by atoms with Gasteiger partial charge >= 0.3 is 0 Å². The minimum absolute atomic E-state index is 0.167. The first-order valence-corrected chi connectivity index (χ1v) is 13.2. The first kappa shape index (κ1) is 26.2. The predicted molar refractivity (Wildman–Crippen MR) is 155 cm³/mol. The molecule has 0 radical (unpaired) electrons. The van der Waals surface area contributed by atoms with E-state index in [0.29, 0.717) is 29.1 Å². The van der Waals surface area contributed by atoms with Crippen LogP contribution in [0.3, 0.4) is 0 Å². The van der Waals surface area contributed by atoms with Crippen molar-refractivity contribution in [3.8, 4) is 11.6 Å². The Bertz CT molecular complexity index is 1460. The standard InChI is InChI=1S/C29H30ClN5O2S/c1-18-10-12-32-26(15-18)34-19(2)16-22(20(34)3)28-27(24-7-5-6-11-31-24)33-29(38)35(28)21-8-9-25(23(30)17-21)37-14-13-36-4/h5-12,15-17,27-28H,13-14H2,1-4H3,(H,33,38)/t27-,28+/m0/s1. The molecule has 4 aromatic rings. The molecule has 7 nitrogen and oxygen atoms in total. The number of hydrogen-bond acceptors (Lipinski definition) is 5. The van der Waals surface area contributed by atoms with Crippen LogP contribution in [-0.4, -0.2) is 40.0 Å². The number of ether oxygens (including phenoxy) is 2. The quantitative estimate of drug-likeness (QED) is 0.213. The van der Waals surface area contributed by atoms with Gasteiger partial charge in [0.15, 0.2) is 5.11 Å². The van der Waals surface area contributed by atoms with Crippen LogP contribution in [0, 0.1) is 20.8 Å². The van der Waals surface area contributed by atoms with Crippen molar-refractivity contribution < 1.29 is 9.47 Å². The number of rotatable bonds is 8. The van der Waals surface area contributed by atoms with Crippen molar-refractivity contribution >= 4 is 34.6 Å². The van der Waals surface area contributed by atoms with Gasteiger partial charge in [-0.1, -0.05) is 17.7 Å². The highest BCUT2D eigenvalue weighted by Crippen LogP contribution is 2.44. The summed E-state index contributed by atoms with van der Waals surface area (Å²) in [6.45, 7) is 7.20. The summed E-state index contributed by atoms with van der Waals surface area (Å²) in [7, 11) is 1.64. The molecule has 1 aliphatic heterocycles. The topological polar surface area (TPSA) is 64.4 Å². The molecule has 196 valence electrons. The second-order valence-corrected chi connectivity index (χ2v) is 10.1. The average molecular weight is 548 g/mol. The highest BCUT2D eigenvalue weighted by molar-refractivity contribution is 7.80. The lowest BCUT2D eigenvalue weighted by Gasteiger charge is -2.28. The van der Waals surface area contributed by atoms with Crippen LogP contribution in [0.5, 0.6) is 5.75 Å². The molecule has 0 unspecified atom stereocenters. The lowest BCUT2D eigenvalue weighted by atomic mass is 9.96. The number of nitrogens with one attached hydrogen (secondary N) is 1. The summed E-state index contributed by atoms with van der Waals surface area (Å²) in [6.07, 6.45) is 3.65. The second-order valence-electron chi connectivity index (χ2n) is 9.31. The molecule has 0 saturated carbocycles. The van der Waals surface area contributed by atoms with Crippen LogP contribution < -0.4 is 15.0 Å².